The third-order valence-electron chi connectivity index (χ3n) is 4.01. The van der Waals surface area contributed by atoms with Crippen molar-refractivity contribution in [2.24, 2.45) is 0 Å². The minimum Gasteiger partial charge on any atom is -0.322 e. The van der Waals surface area contributed by atoms with Crippen LogP contribution in [0.25, 0.3) is 0 Å². The Morgan fingerprint density at radius 2 is 1.80 bits per heavy atom. The molecule has 1 saturated carbocycles. The van der Waals surface area contributed by atoms with E-state index in [2.05, 4.69) is 10.0 Å². The summed E-state index contributed by atoms with van der Waals surface area (Å²) in [6, 6.07) is 12.2. The number of carbonyl (C=O) groups excluding carboxylic acids is 1. The highest BCUT2D eigenvalue weighted by atomic mass is 32.2. The Kier molecular flexibility index (Phi) is 5.17. The molecule has 1 aliphatic carbocycles. The normalized spacial score (nSPS) is 14.3. The van der Waals surface area contributed by atoms with Gasteiger partial charge in [-0.25, -0.2) is 13.1 Å². The predicted octanol–water partition coefficient (Wildman–Crippen LogP) is 3.41. The summed E-state index contributed by atoms with van der Waals surface area (Å²) in [6.07, 6.45) is 3.72. The molecule has 7 heteroatoms. The molecule has 5 nitrogen and oxygen atoms in total. The lowest BCUT2D eigenvalue weighted by Crippen LogP contribution is -2.26. The van der Waals surface area contributed by atoms with Gasteiger partial charge in [-0.05, 0) is 68.0 Å². The zero-order valence-corrected chi connectivity index (χ0v) is 15.7. The zero-order valence-electron chi connectivity index (χ0n) is 14.1. The first-order valence-corrected chi connectivity index (χ1v) is 10.7. The van der Waals surface area contributed by atoms with Crippen molar-refractivity contribution in [1.29, 1.82) is 0 Å². The zero-order chi connectivity index (χ0) is 18.0. The average Bonchev–Trinajstić information content (AvgIpc) is 3.39. The lowest BCUT2D eigenvalue weighted by molar-refractivity contribution is 0.102. The van der Waals surface area contributed by atoms with E-state index >= 15 is 0 Å². The monoisotopic (exact) mass is 376 g/mol. The molecule has 2 aromatic carbocycles. The molecule has 1 fully saturated rings. The molecule has 2 aromatic rings. The number of aryl methyl sites for hydroxylation is 1. The Balaban J connectivity index is 1.82. The van der Waals surface area contributed by atoms with Gasteiger partial charge in [-0.15, -0.1) is 11.8 Å². The number of rotatable bonds is 6. The standard InChI is InChI=1S/C18H20N2O3S2/c1-12-3-10-16(25(22,23)20-14-4-5-14)11-17(12)18(21)19-13-6-8-15(24-2)9-7-13/h3,6-11,14,20H,4-5H2,1-2H3,(H,19,21). The van der Waals surface area contributed by atoms with Crippen molar-refractivity contribution in [1.82, 2.24) is 4.72 Å². The second kappa shape index (κ2) is 7.19. The van der Waals surface area contributed by atoms with E-state index in [0.717, 1.165) is 23.3 Å². The first-order chi connectivity index (χ1) is 11.9. The fraction of sp³-hybridized carbons (Fsp3) is 0.278. The minimum atomic E-state index is -3.58. The third kappa shape index (κ3) is 4.42. The first kappa shape index (κ1) is 18.0. The number of nitrogens with one attached hydrogen (secondary N) is 2. The second-order valence-electron chi connectivity index (χ2n) is 6.05. The van der Waals surface area contributed by atoms with E-state index in [4.69, 9.17) is 0 Å². The molecule has 0 spiro atoms. The molecule has 25 heavy (non-hydrogen) atoms. The lowest BCUT2D eigenvalue weighted by atomic mass is 10.1. The highest BCUT2D eigenvalue weighted by Crippen LogP contribution is 2.24. The van der Waals surface area contributed by atoms with E-state index in [0.29, 0.717) is 11.3 Å². The fourth-order valence-corrected chi connectivity index (χ4v) is 4.11. The molecule has 132 valence electrons. The molecule has 0 unspecified atom stereocenters. The average molecular weight is 377 g/mol. The molecule has 0 bridgehead atoms. The molecule has 3 rings (SSSR count). The molecular weight excluding hydrogens is 356 g/mol. The van der Waals surface area contributed by atoms with Crippen LogP contribution in [0.1, 0.15) is 28.8 Å². The highest BCUT2D eigenvalue weighted by molar-refractivity contribution is 7.98. The van der Waals surface area contributed by atoms with Gasteiger partial charge in [-0.3, -0.25) is 4.79 Å². The van der Waals surface area contributed by atoms with Crippen LogP contribution in [-0.4, -0.2) is 26.6 Å². The molecule has 1 aliphatic rings. The van der Waals surface area contributed by atoms with Gasteiger partial charge in [0.1, 0.15) is 0 Å². The fourth-order valence-electron chi connectivity index (χ4n) is 2.37. The summed E-state index contributed by atoms with van der Waals surface area (Å²) in [7, 11) is -3.58. The number of hydrogen-bond donors (Lipinski definition) is 2. The Hall–Kier alpha value is -1.83. The van der Waals surface area contributed by atoms with Gasteiger partial charge in [0.2, 0.25) is 10.0 Å². The Morgan fingerprint density at radius 3 is 2.40 bits per heavy atom. The van der Waals surface area contributed by atoms with Crippen molar-refractivity contribution in [2.45, 2.75) is 35.6 Å². The van der Waals surface area contributed by atoms with Crippen molar-refractivity contribution >= 4 is 33.4 Å². The summed E-state index contributed by atoms with van der Waals surface area (Å²) in [4.78, 5) is 13.8. The van der Waals surface area contributed by atoms with E-state index in [1.807, 2.05) is 30.5 Å². The number of thioether (sulfide) groups is 1. The predicted molar refractivity (Wildman–Crippen MR) is 101 cm³/mol. The van der Waals surface area contributed by atoms with Crippen LogP contribution in [-0.2, 0) is 10.0 Å². The third-order valence-corrected chi connectivity index (χ3v) is 6.27. The summed E-state index contributed by atoms with van der Waals surface area (Å²) in [6.45, 7) is 1.79. The smallest absolute Gasteiger partial charge is 0.255 e. The van der Waals surface area contributed by atoms with Crippen LogP contribution < -0.4 is 10.0 Å². The molecule has 0 radical (unpaired) electrons. The summed E-state index contributed by atoms with van der Waals surface area (Å²) in [5, 5.41) is 2.82. The van der Waals surface area contributed by atoms with Gasteiger partial charge in [-0.1, -0.05) is 6.07 Å². The van der Waals surface area contributed by atoms with Crippen molar-refractivity contribution in [3.63, 3.8) is 0 Å². The van der Waals surface area contributed by atoms with E-state index in [1.54, 1.807) is 24.8 Å². The molecule has 0 aliphatic heterocycles. The van der Waals surface area contributed by atoms with Gasteiger partial charge in [0.25, 0.3) is 5.91 Å². The van der Waals surface area contributed by atoms with E-state index in [-0.39, 0.29) is 16.8 Å². The Morgan fingerprint density at radius 1 is 1.12 bits per heavy atom. The van der Waals surface area contributed by atoms with Crippen LogP contribution >= 0.6 is 11.8 Å². The van der Waals surface area contributed by atoms with Gasteiger partial charge in [-0.2, -0.15) is 0 Å². The SMILES string of the molecule is CSc1ccc(NC(=O)c2cc(S(=O)(=O)NC3CC3)ccc2C)cc1. The van der Waals surface area contributed by atoms with Gasteiger partial charge < -0.3 is 5.32 Å². The highest BCUT2D eigenvalue weighted by Gasteiger charge is 2.28. The maximum atomic E-state index is 12.6. The number of sulfonamides is 1. The van der Waals surface area contributed by atoms with Crippen LogP contribution in [0, 0.1) is 6.92 Å². The summed E-state index contributed by atoms with van der Waals surface area (Å²) in [5.74, 6) is -0.321. The summed E-state index contributed by atoms with van der Waals surface area (Å²) >= 11 is 1.62. The molecule has 0 saturated heterocycles. The number of hydrogen-bond acceptors (Lipinski definition) is 4. The first-order valence-electron chi connectivity index (χ1n) is 7.97. The maximum absolute atomic E-state index is 12.6. The molecular formula is C18H20N2O3S2. The molecule has 0 heterocycles. The van der Waals surface area contributed by atoms with Crippen LogP contribution in [0.4, 0.5) is 5.69 Å². The van der Waals surface area contributed by atoms with Gasteiger partial charge in [0.15, 0.2) is 0 Å². The molecule has 1 amide bonds. The number of amides is 1. The number of carbonyl (C=O) groups is 1. The van der Waals surface area contributed by atoms with Crippen LogP contribution in [0.5, 0.6) is 0 Å². The van der Waals surface area contributed by atoms with E-state index in [9.17, 15) is 13.2 Å². The summed E-state index contributed by atoms with van der Waals surface area (Å²) < 4.78 is 27.3. The molecule has 0 atom stereocenters. The van der Waals surface area contributed by atoms with E-state index < -0.39 is 10.0 Å². The largest absolute Gasteiger partial charge is 0.322 e. The number of benzene rings is 2. The van der Waals surface area contributed by atoms with Crippen molar-refractivity contribution < 1.29 is 13.2 Å². The molecule has 0 aromatic heterocycles. The second-order valence-corrected chi connectivity index (χ2v) is 8.65. The van der Waals surface area contributed by atoms with E-state index in [1.165, 1.54) is 12.1 Å². The van der Waals surface area contributed by atoms with Crippen molar-refractivity contribution in [3.05, 3.63) is 53.6 Å². The Labute approximate surface area is 152 Å². The topological polar surface area (TPSA) is 75.3 Å². The Bertz CT molecular complexity index is 889. The van der Waals surface area contributed by atoms with Crippen LogP contribution in [0.3, 0.4) is 0 Å². The lowest BCUT2D eigenvalue weighted by Gasteiger charge is -2.11. The van der Waals surface area contributed by atoms with Crippen molar-refractivity contribution in [3.8, 4) is 0 Å². The van der Waals surface area contributed by atoms with Crippen LogP contribution in [0.15, 0.2) is 52.3 Å². The number of anilines is 1. The van der Waals surface area contributed by atoms with Gasteiger partial charge in [0.05, 0.1) is 4.90 Å². The quantitative estimate of drug-likeness (QED) is 0.758. The van der Waals surface area contributed by atoms with Gasteiger partial charge in [0, 0.05) is 22.2 Å². The minimum absolute atomic E-state index is 0.0264. The maximum Gasteiger partial charge on any atom is 0.255 e. The summed E-state index contributed by atoms with van der Waals surface area (Å²) in [5.41, 5.74) is 1.75. The van der Waals surface area contributed by atoms with Crippen molar-refractivity contribution in [2.75, 3.05) is 11.6 Å². The van der Waals surface area contributed by atoms with Crippen LogP contribution in [0.2, 0.25) is 0 Å². The van der Waals surface area contributed by atoms with Gasteiger partial charge >= 0.3 is 0 Å². The molecule has 2 N–H and O–H groups in total.